The third-order valence-electron chi connectivity index (χ3n) is 10.8. The first-order valence-corrected chi connectivity index (χ1v) is 24.9. The molecule has 0 aliphatic carbocycles. The van der Waals surface area contributed by atoms with Crippen molar-refractivity contribution >= 4 is 86.6 Å². The zero-order chi connectivity index (χ0) is 51.3. The normalized spacial score (nSPS) is 21.3. The Bertz CT molecular complexity index is 1990. The molecule has 0 saturated carbocycles. The van der Waals surface area contributed by atoms with Gasteiger partial charge in [0, 0.05) is 30.8 Å². The van der Waals surface area contributed by atoms with E-state index in [1.54, 1.807) is 27.7 Å². The predicted molar refractivity (Wildman–Crippen MR) is 256 cm³/mol. The highest BCUT2D eigenvalue weighted by Crippen LogP contribution is 2.24. The molecule has 378 valence electrons. The summed E-state index contributed by atoms with van der Waals surface area (Å²) in [7, 11) is 2.21. The number of rotatable bonds is 19. The number of hydrogen-bond acceptors (Lipinski definition) is 13. The summed E-state index contributed by atoms with van der Waals surface area (Å²) in [5, 5.41) is 20.5. The third kappa shape index (κ3) is 20.5. The molecular weight excluding hydrogens is 923 g/mol. The molecule has 1 aromatic carbocycles. The van der Waals surface area contributed by atoms with E-state index in [1.165, 1.54) is 13.8 Å². The van der Waals surface area contributed by atoms with E-state index in [9.17, 15) is 52.7 Å². The lowest BCUT2D eigenvalue weighted by Gasteiger charge is -2.31. The van der Waals surface area contributed by atoms with Gasteiger partial charge in [-0.3, -0.25) is 52.7 Å². The highest BCUT2D eigenvalue weighted by atomic mass is 33.1. The molecule has 0 bridgehead atoms. The van der Waals surface area contributed by atoms with E-state index in [0.717, 1.165) is 39.1 Å². The van der Waals surface area contributed by atoms with Gasteiger partial charge in [0.25, 0.3) is 0 Å². The fourth-order valence-corrected chi connectivity index (χ4v) is 8.79. The smallest absolute Gasteiger partial charge is 0.245 e. The lowest BCUT2D eigenvalue weighted by Crippen LogP contribution is -2.63. The summed E-state index contributed by atoms with van der Waals surface area (Å²) in [4.78, 5) is 146. The van der Waals surface area contributed by atoms with Gasteiger partial charge in [0.1, 0.15) is 41.8 Å². The maximum absolute atomic E-state index is 14.1. The van der Waals surface area contributed by atoms with Crippen LogP contribution in [0.25, 0.3) is 0 Å². The Morgan fingerprint density at radius 2 is 1.35 bits per heavy atom. The highest BCUT2D eigenvalue weighted by Gasteiger charge is 2.38. The molecule has 11 amide bonds. The molecule has 0 radical (unpaired) electrons. The number of benzene rings is 1. The molecule has 0 aromatic heterocycles. The summed E-state index contributed by atoms with van der Waals surface area (Å²) in [6.07, 6.45) is -0.274. The summed E-state index contributed by atoms with van der Waals surface area (Å²) in [5.41, 5.74) is 16.1. The van der Waals surface area contributed by atoms with Crippen LogP contribution in [0, 0.1) is 11.8 Å². The zero-order valence-electron chi connectivity index (χ0n) is 39.7. The van der Waals surface area contributed by atoms with E-state index in [1.807, 2.05) is 31.2 Å². The Balaban J connectivity index is 2.58. The molecule has 22 nitrogen and oxygen atoms in total. The molecule has 1 fully saturated rings. The van der Waals surface area contributed by atoms with Crippen LogP contribution in [0.1, 0.15) is 98.1 Å². The molecule has 1 aliphatic heterocycles. The monoisotopic (exact) mass is 991 g/mol. The number of nitrogens with two attached hydrogens (primary N) is 3. The van der Waals surface area contributed by atoms with Gasteiger partial charge in [-0.25, -0.2) is 0 Å². The summed E-state index contributed by atoms with van der Waals surface area (Å²) in [5.74, 6) is -9.85. The Morgan fingerprint density at radius 3 is 1.93 bits per heavy atom. The van der Waals surface area contributed by atoms with Crippen LogP contribution in [-0.2, 0) is 65.6 Å². The summed E-state index contributed by atoms with van der Waals surface area (Å²) in [6.45, 7) is 11.3. The molecule has 0 unspecified atom stereocenters. The van der Waals surface area contributed by atoms with E-state index in [0.29, 0.717) is 6.42 Å². The van der Waals surface area contributed by atoms with Crippen molar-refractivity contribution in [2.45, 2.75) is 142 Å². The number of aryl methyl sites for hydroxylation is 1. The molecular formula is C44H69N11O11S2. The number of amides is 11. The van der Waals surface area contributed by atoms with Crippen LogP contribution in [0.2, 0.25) is 0 Å². The van der Waals surface area contributed by atoms with E-state index in [-0.39, 0.29) is 43.1 Å². The zero-order valence-corrected chi connectivity index (χ0v) is 41.4. The van der Waals surface area contributed by atoms with Gasteiger partial charge in [0.05, 0.1) is 13.0 Å². The standard InChI is InChI=1S/C44H69N11O11S2/c1-8-24(5)36-42(65)50-27(14-15-32(45)56)38(61)51-30(20-33(46)57)39(62)52-31(41(64)55-44(6,7)43(66)53-28(18-23(3)4)37(60)48-21-34(47)58)22-68-67-17-16-35(59)49-29(40(63)54-36)19-26-12-10-25(9-2)11-13-26/h10-13,23-24,27-31,36H,8-9,14-22H2,1-7H3,(H2,45,56)(H2,46,57)(H2,47,58)(H,48,60)(H,49,59)(H,50,65)(H,51,61)(H,52,62)(H,53,66)(H,54,63)(H,55,64)/t24-,27-,28-,29-,30-,31-,36-/m0/s1. The molecule has 68 heavy (non-hydrogen) atoms. The highest BCUT2D eigenvalue weighted by molar-refractivity contribution is 8.76. The van der Waals surface area contributed by atoms with Gasteiger partial charge in [0.15, 0.2) is 0 Å². The van der Waals surface area contributed by atoms with Crippen LogP contribution in [0.4, 0.5) is 0 Å². The first-order valence-electron chi connectivity index (χ1n) is 22.5. The topological polar surface area (TPSA) is 362 Å². The van der Waals surface area contributed by atoms with Gasteiger partial charge in [-0.2, -0.15) is 0 Å². The van der Waals surface area contributed by atoms with Gasteiger partial charge in [-0.15, -0.1) is 0 Å². The average molecular weight is 992 g/mol. The minimum absolute atomic E-state index is 0.0644. The first kappa shape index (κ1) is 58.2. The van der Waals surface area contributed by atoms with Crippen LogP contribution >= 0.6 is 21.6 Å². The summed E-state index contributed by atoms with van der Waals surface area (Å²) >= 11 is 0. The van der Waals surface area contributed by atoms with E-state index < -0.39 is 132 Å². The van der Waals surface area contributed by atoms with E-state index in [4.69, 9.17) is 17.2 Å². The molecule has 1 aromatic rings. The van der Waals surface area contributed by atoms with Crippen LogP contribution in [0.5, 0.6) is 0 Å². The van der Waals surface area contributed by atoms with E-state index >= 15 is 0 Å². The van der Waals surface area contributed by atoms with Gasteiger partial charge in [0.2, 0.25) is 65.0 Å². The van der Waals surface area contributed by atoms with Gasteiger partial charge in [-0.05, 0) is 56.1 Å². The number of carbonyl (C=O) groups is 11. The summed E-state index contributed by atoms with van der Waals surface area (Å²) < 4.78 is 0. The molecule has 7 atom stereocenters. The van der Waals surface area contributed by atoms with Crippen molar-refractivity contribution < 1.29 is 52.7 Å². The van der Waals surface area contributed by atoms with Gasteiger partial charge >= 0.3 is 0 Å². The Hall–Kier alpha value is -5.91. The van der Waals surface area contributed by atoms with Crippen LogP contribution in [-0.4, -0.2) is 125 Å². The minimum Gasteiger partial charge on any atom is -0.370 e. The minimum atomic E-state index is -1.74. The molecule has 0 spiro atoms. The van der Waals surface area contributed by atoms with E-state index in [2.05, 4.69) is 42.5 Å². The second kappa shape index (κ2) is 28.4. The average Bonchev–Trinajstić information content (AvgIpc) is 3.26. The molecule has 1 aliphatic rings. The Morgan fingerprint density at radius 1 is 0.750 bits per heavy atom. The lowest BCUT2D eigenvalue weighted by atomic mass is 9.96. The van der Waals surface area contributed by atoms with Crippen molar-refractivity contribution in [2.75, 3.05) is 18.1 Å². The number of primary amides is 3. The SMILES string of the molecule is CCc1ccc(C[C@@H]2NC(=O)CCSSC[C@@H](C(=O)NC(C)(C)C(=O)N[C@@H](CC(C)C)C(=O)NCC(N)=O)NC(=O)[C@H](CC(N)=O)NC(=O)[C@H](CCC(N)=O)NC(=O)[C@H]([C@@H](C)CC)NC2=O)cc1. The predicted octanol–water partition coefficient (Wildman–Crippen LogP) is -1.79. The van der Waals surface area contributed by atoms with Crippen LogP contribution in [0.3, 0.4) is 0 Å². The lowest BCUT2D eigenvalue weighted by molar-refractivity contribution is -0.137. The van der Waals surface area contributed by atoms with Crippen molar-refractivity contribution in [3.63, 3.8) is 0 Å². The van der Waals surface area contributed by atoms with Crippen LogP contribution in [0.15, 0.2) is 24.3 Å². The van der Waals surface area contributed by atoms with Gasteiger partial charge in [-0.1, -0.05) is 86.9 Å². The second-order valence-electron chi connectivity index (χ2n) is 17.5. The summed E-state index contributed by atoms with van der Waals surface area (Å²) in [6, 6.07) is -0.808. The molecule has 24 heteroatoms. The fourth-order valence-electron chi connectivity index (χ4n) is 6.63. The fraction of sp³-hybridized carbons (Fsp3) is 0.614. The molecule has 2 rings (SSSR count). The molecule has 1 saturated heterocycles. The number of nitrogens with one attached hydrogen (secondary N) is 8. The largest absolute Gasteiger partial charge is 0.370 e. The first-order chi connectivity index (χ1) is 31.9. The van der Waals surface area contributed by atoms with Crippen LogP contribution < -0.4 is 59.7 Å². The van der Waals surface area contributed by atoms with Crippen molar-refractivity contribution in [3.05, 3.63) is 35.4 Å². The van der Waals surface area contributed by atoms with Crippen molar-refractivity contribution in [1.29, 1.82) is 0 Å². The number of carbonyl (C=O) groups excluding carboxylic acids is 11. The Labute approximate surface area is 404 Å². The quantitative estimate of drug-likeness (QED) is 0.0684. The molecule has 1 heterocycles. The maximum Gasteiger partial charge on any atom is 0.245 e. The third-order valence-corrected chi connectivity index (χ3v) is 13.2. The Kier molecular flexibility index (Phi) is 24.3. The second-order valence-corrected chi connectivity index (χ2v) is 20.2. The van der Waals surface area contributed by atoms with Gasteiger partial charge < -0.3 is 59.7 Å². The maximum atomic E-state index is 14.1. The van der Waals surface area contributed by atoms with Crippen molar-refractivity contribution in [3.8, 4) is 0 Å². The number of hydrogen-bond donors (Lipinski definition) is 11. The van der Waals surface area contributed by atoms with Crippen molar-refractivity contribution in [2.24, 2.45) is 29.0 Å². The molecule has 14 N–H and O–H groups in total. The van der Waals surface area contributed by atoms with Crippen molar-refractivity contribution in [1.82, 2.24) is 42.5 Å².